The van der Waals surface area contributed by atoms with E-state index in [2.05, 4.69) is 11.9 Å². The van der Waals surface area contributed by atoms with Crippen LogP contribution < -0.4 is 5.32 Å². The number of rotatable bonds is 3. The molecule has 114 valence electrons. The molecule has 1 aliphatic heterocycles. The van der Waals surface area contributed by atoms with Gasteiger partial charge in [0.15, 0.2) is 5.11 Å². The number of hydrogen-bond donors (Lipinski definition) is 2. The van der Waals surface area contributed by atoms with Gasteiger partial charge in [0.1, 0.15) is 11.3 Å². The van der Waals surface area contributed by atoms with E-state index < -0.39 is 11.8 Å². The molecule has 0 spiro atoms. The summed E-state index contributed by atoms with van der Waals surface area (Å²) >= 11 is 16.7. The molecule has 2 amide bonds. The lowest BCUT2D eigenvalue weighted by Crippen LogP contribution is -2.53. The quantitative estimate of drug-likeness (QED) is 0.378. The van der Waals surface area contributed by atoms with Gasteiger partial charge in [-0.2, -0.15) is 0 Å². The van der Waals surface area contributed by atoms with E-state index in [4.69, 9.17) is 35.4 Å². The Morgan fingerprint density at radius 3 is 2.64 bits per heavy atom. The molecule has 0 aromatic heterocycles. The fourth-order valence-electron chi connectivity index (χ4n) is 1.85. The zero-order chi connectivity index (χ0) is 16.4. The topological polar surface area (TPSA) is 69.6 Å². The molecule has 0 bridgehead atoms. The van der Waals surface area contributed by atoms with Gasteiger partial charge in [-0.15, -0.1) is 6.58 Å². The molecule has 0 aliphatic carbocycles. The maximum Gasteiger partial charge on any atom is 0.265 e. The molecular weight excluding hydrogens is 347 g/mol. The molecule has 1 saturated heterocycles. The van der Waals surface area contributed by atoms with E-state index in [1.807, 2.05) is 0 Å². The Labute approximate surface area is 141 Å². The number of carbonyl (C=O) groups is 2. The highest BCUT2D eigenvalue weighted by molar-refractivity contribution is 7.80. The predicted octanol–water partition coefficient (Wildman–Crippen LogP) is 2.51. The highest BCUT2D eigenvalue weighted by Crippen LogP contribution is 2.32. The highest BCUT2D eigenvalue weighted by atomic mass is 35.5. The number of aromatic hydroxyl groups is 1. The first-order valence-electron chi connectivity index (χ1n) is 6.03. The minimum absolute atomic E-state index is 0.00141. The Balaban J connectivity index is 2.50. The van der Waals surface area contributed by atoms with Crippen molar-refractivity contribution in [2.24, 2.45) is 0 Å². The van der Waals surface area contributed by atoms with Crippen LogP contribution in [0.2, 0.25) is 10.0 Å². The molecule has 2 rings (SSSR count). The average Bonchev–Trinajstić information content (AvgIpc) is 2.41. The van der Waals surface area contributed by atoms with Gasteiger partial charge in [0.05, 0.1) is 5.02 Å². The van der Waals surface area contributed by atoms with E-state index >= 15 is 0 Å². The van der Waals surface area contributed by atoms with Gasteiger partial charge in [-0.3, -0.25) is 19.8 Å². The van der Waals surface area contributed by atoms with Crippen molar-refractivity contribution in [3.63, 3.8) is 0 Å². The Bertz CT molecular complexity index is 708. The number of benzene rings is 1. The number of halogens is 2. The summed E-state index contributed by atoms with van der Waals surface area (Å²) in [5.74, 6) is -1.51. The summed E-state index contributed by atoms with van der Waals surface area (Å²) in [6.45, 7) is 3.68. The van der Waals surface area contributed by atoms with Gasteiger partial charge in [0.2, 0.25) is 0 Å². The fraction of sp³-hybridized carbons (Fsp3) is 0.0714. The number of carbonyl (C=O) groups excluding carboxylic acids is 2. The van der Waals surface area contributed by atoms with Crippen LogP contribution in [0.3, 0.4) is 0 Å². The summed E-state index contributed by atoms with van der Waals surface area (Å²) in [5.41, 5.74) is -0.0779. The first-order valence-corrected chi connectivity index (χ1v) is 7.19. The molecule has 0 atom stereocenters. The zero-order valence-electron chi connectivity index (χ0n) is 11.1. The van der Waals surface area contributed by atoms with Crippen LogP contribution in [0.1, 0.15) is 5.56 Å². The maximum atomic E-state index is 12.3. The summed E-state index contributed by atoms with van der Waals surface area (Å²) in [4.78, 5) is 25.5. The van der Waals surface area contributed by atoms with Crippen molar-refractivity contribution in [3.8, 4) is 5.75 Å². The monoisotopic (exact) mass is 356 g/mol. The van der Waals surface area contributed by atoms with Crippen LogP contribution in [-0.2, 0) is 9.59 Å². The number of phenolic OH excluding ortho intramolecular Hbond substituents is 1. The summed E-state index contributed by atoms with van der Waals surface area (Å²) in [7, 11) is 0. The number of thiocarbonyl (C=S) groups is 1. The number of nitrogens with zero attached hydrogens (tertiary/aromatic N) is 1. The number of amides is 2. The molecule has 1 aromatic rings. The summed E-state index contributed by atoms with van der Waals surface area (Å²) < 4.78 is 0. The lowest BCUT2D eigenvalue weighted by atomic mass is 10.1. The van der Waals surface area contributed by atoms with Crippen LogP contribution in [0.25, 0.3) is 6.08 Å². The van der Waals surface area contributed by atoms with Crippen LogP contribution in [0.15, 0.2) is 30.4 Å². The second kappa shape index (κ2) is 6.48. The molecule has 2 N–H and O–H groups in total. The third-order valence-corrected chi connectivity index (χ3v) is 3.71. The molecule has 1 aliphatic rings. The molecule has 0 radical (unpaired) electrons. The van der Waals surface area contributed by atoms with Gasteiger partial charge < -0.3 is 5.11 Å². The van der Waals surface area contributed by atoms with Gasteiger partial charge >= 0.3 is 0 Å². The second-order valence-corrected chi connectivity index (χ2v) is 5.57. The van der Waals surface area contributed by atoms with Gasteiger partial charge in [-0.25, -0.2) is 0 Å². The van der Waals surface area contributed by atoms with Crippen LogP contribution in [0.5, 0.6) is 5.75 Å². The highest BCUT2D eigenvalue weighted by Gasteiger charge is 2.33. The van der Waals surface area contributed by atoms with Crippen molar-refractivity contribution in [2.75, 3.05) is 6.54 Å². The minimum Gasteiger partial charge on any atom is -0.507 e. The smallest absolute Gasteiger partial charge is 0.265 e. The third-order valence-electron chi connectivity index (χ3n) is 2.86. The molecule has 1 aromatic carbocycles. The molecule has 0 saturated carbocycles. The van der Waals surface area contributed by atoms with Gasteiger partial charge in [-0.1, -0.05) is 29.3 Å². The van der Waals surface area contributed by atoms with E-state index in [-0.39, 0.29) is 38.6 Å². The average molecular weight is 357 g/mol. The van der Waals surface area contributed by atoms with E-state index in [1.54, 1.807) is 0 Å². The summed E-state index contributed by atoms with van der Waals surface area (Å²) in [5, 5.41) is 12.6. The number of nitrogens with one attached hydrogen (secondary N) is 1. The maximum absolute atomic E-state index is 12.3. The van der Waals surface area contributed by atoms with E-state index in [0.29, 0.717) is 0 Å². The fourth-order valence-corrected chi connectivity index (χ4v) is 2.63. The SMILES string of the molecule is C=CCN1C(=O)C(=Cc2c(O)cc(Cl)cc2Cl)C(=O)NC1=S. The molecule has 1 heterocycles. The van der Waals surface area contributed by atoms with Crippen molar-refractivity contribution >= 4 is 58.4 Å². The van der Waals surface area contributed by atoms with Crippen molar-refractivity contribution < 1.29 is 14.7 Å². The van der Waals surface area contributed by atoms with Crippen molar-refractivity contribution in [2.45, 2.75) is 0 Å². The normalized spacial score (nSPS) is 16.9. The van der Waals surface area contributed by atoms with Crippen LogP contribution >= 0.6 is 35.4 Å². The van der Waals surface area contributed by atoms with Crippen molar-refractivity contribution in [1.82, 2.24) is 10.2 Å². The van der Waals surface area contributed by atoms with E-state index in [0.717, 1.165) is 0 Å². The molecule has 8 heteroatoms. The minimum atomic E-state index is -0.666. The molecule has 0 unspecified atom stereocenters. The summed E-state index contributed by atoms with van der Waals surface area (Å²) in [6, 6.07) is 2.66. The molecular formula is C14H10Cl2N2O3S. The van der Waals surface area contributed by atoms with Gasteiger partial charge in [0, 0.05) is 17.1 Å². The number of phenols is 1. The number of hydrogen-bond acceptors (Lipinski definition) is 4. The lowest BCUT2D eigenvalue weighted by molar-refractivity contribution is -0.128. The Morgan fingerprint density at radius 2 is 2.05 bits per heavy atom. The van der Waals surface area contributed by atoms with Crippen molar-refractivity contribution in [1.29, 1.82) is 0 Å². The van der Waals surface area contributed by atoms with Gasteiger partial charge in [-0.05, 0) is 30.4 Å². The Hall–Kier alpha value is -1.89. The molecule has 22 heavy (non-hydrogen) atoms. The standard InChI is InChI=1S/C14H10Cl2N2O3S/c1-2-3-18-13(21)9(12(20)17-14(18)22)6-8-10(16)4-7(15)5-11(8)19/h2,4-6,19H,1,3H2,(H,17,20,22). The second-order valence-electron chi connectivity index (χ2n) is 4.34. The first kappa shape index (κ1) is 16.5. The van der Waals surface area contributed by atoms with Crippen LogP contribution in [0.4, 0.5) is 0 Å². The van der Waals surface area contributed by atoms with Crippen LogP contribution in [0, 0.1) is 0 Å². The third kappa shape index (κ3) is 3.14. The van der Waals surface area contributed by atoms with Gasteiger partial charge in [0.25, 0.3) is 11.8 Å². The predicted molar refractivity (Wildman–Crippen MR) is 88.8 cm³/mol. The first-order chi connectivity index (χ1) is 10.3. The summed E-state index contributed by atoms with van der Waals surface area (Å²) in [6.07, 6.45) is 2.68. The van der Waals surface area contributed by atoms with E-state index in [1.165, 1.54) is 29.2 Å². The molecule has 1 fully saturated rings. The zero-order valence-corrected chi connectivity index (χ0v) is 13.4. The van der Waals surface area contributed by atoms with E-state index in [9.17, 15) is 14.7 Å². The largest absolute Gasteiger partial charge is 0.507 e. The lowest BCUT2D eigenvalue weighted by Gasteiger charge is -2.27. The van der Waals surface area contributed by atoms with Crippen LogP contribution in [-0.4, -0.2) is 33.5 Å². The van der Waals surface area contributed by atoms with Crippen molar-refractivity contribution in [3.05, 3.63) is 46.0 Å². The Morgan fingerprint density at radius 1 is 1.36 bits per heavy atom. The molecule has 5 nitrogen and oxygen atoms in total. The Kier molecular flexibility index (Phi) is 4.85.